The lowest BCUT2D eigenvalue weighted by Gasteiger charge is -2.69. The lowest BCUT2D eigenvalue weighted by molar-refractivity contribution is -0.396. The average Bonchev–Trinajstić information content (AvgIpc) is 3.28. The van der Waals surface area contributed by atoms with E-state index >= 15 is 0 Å². The van der Waals surface area contributed by atoms with Crippen molar-refractivity contribution >= 4 is 11.9 Å². The Morgan fingerprint density at radius 3 is 2.51 bits per heavy atom. The first kappa shape index (κ1) is 23.7. The Labute approximate surface area is 205 Å². The number of hydrogen-bond acceptors (Lipinski definition) is 9. The third-order valence-corrected chi connectivity index (χ3v) is 10.0. The molecule has 5 heterocycles. The van der Waals surface area contributed by atoms with Crippen molar-refractivity contribution in [1.29, 1.82) is 0 Å². The number of rotatable bonds is 4. The van der Waals surface area contributed by atoms with Crippen LogP contribution in [0.15, 0.2) is 12.3 Å². The van der Waals surface area contributed by atoms with Gasteiger partial charge in [0, 0.05) is 18.3 Å². The Morgan fingerprint density at radius 2 is 1.89 bits per heavy atom. The first-order valence-corrected chi connectivity index (χ1v) is 12.9. The number of fused-ring (bicyclic) bond motifs is 2. The normalized spacial score (nSPS) is 53.3. The Bertz CT molecular complexity index is 943. The minimum atomic E-state index is -1.06. The van der Waals surface area contributed by atoms with Crippen molar-refractivity contribution < 1.29 is 43.1 Å². The molecule has 7 rings (SSSR count). The molecular weight excluding hydrogens is 456 g/mol. The lowest BCUT2D eigenvalue weighted by Crippen LogP contribution is -2.80. The molecule has 9 heteroatoms. The van der Waals surface area contributed by atoms with Gasteiger partial charge in [-0.25, -0.2) is 0 Å². The summed E-state index contributed by atoms with van der Waals surface area (Å²) in [6.07, 6.45) is 2.09. The number of ether oxygens (including phenoxy) is 6. The van der Waals surface area contributed by atoms with Crippen LogP contribution in [0.3, 0.4) is 0 Å². The monoisotopic (exact) mass is 492 g/mol. The van der Waals surface area contributed by atoms with Crippen molar-refractivity contribution in [3.63, 3.8) is 0 Å². The van der Waals surface area contributed by atoms with E-state index < -0.39 is 47.6 Å². The summed E-state index contributed by atoms with van der Waals surface area (Å²) in [5.74, 6) is -1.02. The van der Waals surface area contributed by atoms with E-state index in [4.69, 9.17) is 28.4 Å². The van der Waals surface area contributed by atoms with E-state index in [-0.39, 0.29) is 41.5 Å². The molecule has 2 saturated carbocycles. The van der Waals surface area contributed by atoms with E-state index in [1.807, 2.05) is 0 Å². The zero-order valence-electron chi connectivity index (χ0n) is 21.0. The standard InChI is InChI=1S/C26H36O9/c1-12(2)21(29)35-23-26-17(10-16(33-23)20(28)25(26)11-31-25)24(5,13(3)8-19(26)32-14(4)27)18-9-15-6-7-30-22(15)34-18/h6-7,12-13,15-20,22-23,28H,8-11H2,1-5H3/t13-,15-,16+,17?,18+,19+,20+,22+,23?,24+,25-,26+/m1/s1. The molecule has 194 valence electrons. The minimum absolute atomic E-state index is 0.115. The Hall–Kier alpha value is -1.68. The zero-order valence-corrected chi connectivity index (χ0v) is 21.0. The Kier molecular flexibility index (Phi) is 5.19. The molecule has 1 N–H and O–H groups in total. The van der Waals surface area contributed by atoms with Crippen LogP contribution in [0, 0.1) is 34.5 Å². The van der Waals surface area contributed by atoms with Crippen molar-refractivity contribution in [2.24, 2.45) is 34.5 Å². The van der Waals surface area contributed by atoms with Crippen LogP contribution < -0.4 is 0 Å². The predicted molar refractivity (Wildman–Crippen MR) is 119 cm³/mol. The largest absolute Gasteiger partial charge is 0.472 e. The molecule has 0 radical (unpaired) electrons. The van der Waals surface area contributed by atoms with E-state index in [1.54, 1.807) is 20.1 Å². The number of aliphatic hydroxyl groups excluding tert-OH is 1. The van der Waals surface area contributed by atoms with Crippen LogP contribution in [0.2, 0.25) is 0 Å². The summed E-state index contributed by atoms with van der Waals surface area (Å²) >= 11 is 0. The first-order chi connectivity index (χ1) is 16.6. The molecule has 2 bridgehead atoms. The Balaban J connectivity index is 1.48. The van der Waals surface area contributed by atoms with Crippen LogP contribution in [0.4, 0.5) is 0 Å². The van der Waals surface area contributed by atoms with Crippen LogP contribution in [0.5, 0.6) is 0 Å². The summed E-state index contributed by atoms with van der Waals surface area (Å²) in [5, 5.41) is 11.4. The van der Waals surface area contributed by atoms with Crippen LogP contribution in [0.1, 0.15) is 53.9 Å². The van der Waals surface area contributed by atoms with Gasteiger partial charge in [-0.1, -0.05) is 27.7 Å². The van der Waals surface area contributed by atoms with E-state index in [0.29, 0.717) is 19.4 Å². The fourth-order valence-corrected chi connectivity index (χ4v) is 8.06. The highest BCUT2D eigenvalue weighted by molar-refractivity contribution is 5.72. The van der Waals surface area contributed by atoms with Gasteiger partial charge in [0.2, 0.25) is 12.6 Å². The number of hydrogen-bond donors (Lipinski definition) is 1. The summed E-state index contributed by atoms with van der Waals surface area (Å²) in [6.45, 7) is 9.63. The van der Waals surface area contributed by atoms with Crippen molar-refractivity contribution in [3.8, 4) is 0 Å². The second-order valence-corrected chi connectivity index (χ2v) is 11.9. The molecule has 0 aromatic heterocycles. The van der Waals surface area contributed by atoms with Gasteiger partial charge in [0.05, 0.1) is 31.0 Å². The molecule has 2 spiro atoms. The van der Waals surface area contributed by atoms with Crippen LogP contribution >= 0.6 is 0 Å². The minimum Gasteiger partial charge on any atom is -0.472 e. The van der Waals surface area contributed by atoms with E-state index in [2.05, 4.69) is 19.9 Å². The number of carbonyl (C=O) groups excluding carboxylic acids is 2. The van der Waals surface area contributed by atoms with Crippen molar-refractivity contribution in [3.05, 3.63) is 12.3 Å². The molecule has 0 aromatic carbocycles. The maximum Gasteiger partial charge on any atom is 0.310 e. The van der Waals surface area contributed by atoms with Gasteiger partial charge < -0.3 is 33.5 Å². The maximum atomic E-state index is 12.9. The van der Waals surface area contributed by atoms with Crippen LogP contribution in [-0.2, 0) is 38.0 Å². The number of esters is 2. The molecule has 5 aliphatic heterocycles. The molecule has 9 nitrogen and oxygen atoms in total. The second-order valence-electron chi connectivity index (χ2n) is 11.9. The SMILES string of the molecule is CC(=O)O[C@H]1C[C@@H](C)[C@](C)([C@@H]2C[C@H]3C=CO[C@H]3O2)C2C[C@@H]3OC(OC(=O)C(C)C)[C@]21[C@@]1(CO1)[C@H]3O. The molecular formula is C26H36O9. The molecule has 0 amide bonds. The van der Waals surface area contributed by atoms with Crippen molar-refractivity contribution in [2.45, 2.75) is 96.5 Å². The fourth-order valence-electron chi connectivity index (χ4n) is 8.06. The first-order valence-electron chi connectivity index (χ1n) is 12.9. The number of carbonyl (C=O) groups is 2. The fraction of sp³-hybridized carbons (Fsp3) is 0.846. The van der Waals surface area contributed by atoms with Crippen LogP contribution in [0.25, 0.3) is 0 Å². The summed E-state index contributed by atoms with van der Waals surface area (Å²) < 4.78 is 36.6. The molecule has 4 saturated heterocycles. The molecule has 2 aliphatic carbocycles. The quantitative estimate of drug-likeness (QED) is 0.466. The van der Waals surface area contributed by atoms with E-state index in [0.717, 1.165) is 6.42 Å². The highest BCUT2D eigenvalue weighted by Gasteiger charge is 2.86. The van der Waals surface area contributed by atoms with Gasteiger partial charge in [0.25, 0.3) is 0 Å². The topological polar surface area (TPSA) is 113 Å². The smallest absolute Gasteiger partial charge is 0.310 e. The summed E-state index contributed by atoms with van der Waals surface area (Å²) in [5.41, 5.74) is -2.45. The third-order valence-electron chi connectivity index (χ3n) is 10.0. The summed E-state index contributed by atoms with van der Waals surface area (Å²) in [4.78, 5) is 25.2. The average molecular weight is 493 g/mol. The molecule has 35 heavy (non-hydrogen) atoms. The second kappa shape index (κ2) is 7.66. The predicted octanol–water partition coefficient (Wildman–Crippen LogP) is 2.30. The van der Waals surface area contributed by atoms with Gasteiger partial charge >= 0.3 is 11.9 Å². The van der Waals surface area contributed by atoms with Gasteiger partial charge in [0.1, 0.15) is 23.2 Å². The van der Waals surface area contributed by atoms with E-state index in [1.165, 1.54) is 6.92 Å². The van der Waals surface area contributed by atoms with Gasteiger partial charge in [-0.15, -0.1) is 0 Å². The van der Waals surface area contributed by atoms with Gasteiger partial charge in [-0.3, -0.25) is 9.59 Å². The van der Waals surface area contributed by atoms with Crippen LogP contribution in [-0.4, -0.2) is 66.2 Å². The maximum absolute atomic E-state index is 12.9. The highest BCUT2D eigenvalue weighted by Crippen LogP contribution is 2.74. The highest BCUT2D eigenvalue weighted by atomic mass is 16.7. The summed E-state index contributed by atoms with van der Waals surface area (Å²) in [7, 11) is 0. The molecule has 2 unspecified atom stereocenters. The van der Waals surface area contributed by atoms with Gasteiger partial charge in [0.15, 0.2) is 0 Å². The zero-order chi connectivity index (χ0) is 24.9. The van der Waals surface area contributed by atoms with Gasteiger partial charge in [-0.05, 0) is 37.2 Å². The van der Waals surface area contributed by atoms with Crippen molar-refractivity contribution in [1.82, 2.24) is 0 Å². The molecule has 6 fully saturated rings. The molecule has 0 aromatic rings. The molecule has 12 atom stereocenters. The third kappa shape index (κ3) is 2.95. The summed E-state index contributed by atoms with van der Waals surface area (Å²) in [6, 6.07) is 0. The lowest BCUT2D eigenvalue weighted by atomic mass is 9.40. The van der Waals surface area contributed by atoms with Crippen molar-refractivity contribution in [2.75, 3.05) is 6.61 Å². The number of epoxide rings is 1. The molecule has 7 aliphatic rings. The van der Waals surface area contributed by atoms with Gasteiger partial charge in [-0.2, -0.15) is 0 Å². The van der Waals surface area contributed by atoms with E-state index in [9.17, 15) is 14.7 Å². The number of aliphatic hydroxyl groups is 1. The Morgan fingerprint density at radius 1 is 1.14 bits per heavy atom.